The minimum atomic E-state index is -1.32. The van der Waals surface area contributed by atoms with Gasteiger partial charge in [0.1, 0.15) is 11.5 Å². The van der Waals surface area contributed by atoms with Crippen molar-refractivity contribution < 1.29 is 29.0 Å². The molecule has 3 N–H and O–H groups in total. The van der Waals surface area contributed by atoms with Crippen LogP contribution in [0.4, 0.5) is 5.69 Å². The molecule has 9 nitrogen and oxygen atoms in total. The number of anilines is 1. The zero-order valence-electron chi connectivity index (χ0n) is 17.5. The SMILES string of the molecule is COC(=O)C1=C(C(=O)OC)N(c2cccc(Br)c2C(=O)O)C(N)=C(C#N)C1c1ccccc1. The lowest BCUT2D eigenvalue weighted by atomic mass is 9.80. The number of carbonyl (C=O) groups is 3. The van der Waals surface area contributed by atoms with E-state index in [-0.39, 0.29) is 38.4 Å². The second kappa shape index (κ2) is 9.58. The number of nitrogens with two attached hydrogens (primary N) is 1. The lowest BCUT2D eigenvalue weighted by molar-refractivity contribution is -0.139. The van der Waals surface area contributed by atoms with Gasteiger partial charge in [-0.25, -0.2) is 14.4 Å². The van der Waals surface area contributed by atoms with Gasteiger partial charge in [-0.15, -0.1) is 0 Å². The maximum absolute atomic E-state index is 13.0. The Labute approximate surface area is 197 Å². The van der Waals surface area contributed by atoms with E-state index in [4.69, 9.17) is 15.2 Å². The summed E-state index contributed by atoms with van der Waals surface area (Å²) < 4.78 is 10.1. The summed E-state index contributed by atoms with van der Waals surface area (Å²) in [5.74, 6) is -4.46. The van der Waals surface area contributed by atoms with E-state index >= 15 is 0 Å². The van der Waals surface area contributed by atoms with Crippen LogP contribution in [0.15, 0.2) is 75.7 Å². The number of carbonyl (C=O) groups excluding carboxylic acids is 2. The van der Waals surface area contributed by atoms with Crippen molar-refractivity contribution in [3.05, 3.63) is 86.8 Å². The average molecular weight is 512 g/mol. The van der Waals surface area contributed by atoms with E-state index in [0.29, 0.717) is 5.56 Å². The largest absolute Gasteiger partial charge is 0.478 e. The Morgan fingerprint density at radius 1 is 1.06 bits per heavy atom. The predicted molar refractivity (Wildman–Crippen MR) is 121 cm³/mol. The summed E-state index contributed by atoms with van der Waals surface area (Å²) in [5.41, 5.74) is 5.98. The number of methoxy groups -OCH3 is 2. The molecule has 0 aliphatic carbocycles. The molecule has 1 heterocycles. The van der Waals surface area contributed by atoms with E-state index in [0.717, 1.165) is 19.1 Å². The molecule has 168 valence electrons. The predicted octanol–water partition coefficient (Wildman–Crippen LogP) is 3.05. The van der Waals surface area contributed by atoms with Crippen LogP contribution in [-0.4, -0.2) is 37.2 Å². The fourth-order valence-electron chi connectivity index (χ4n) is 3.67. The van der Waals surface area contributed by atoms with Crippen molar-refractivity contribution in [3.63, 3.8) is 0 Å². The number of rotatable bonds is 5. The van der Waals surface area contributed by atoms with E-state index in [1.807, 2.05) is 6.07 Å². The van der Waals surface area contributed by atoms with Crippen LogP contribution in [0.5, 0.6) is 0 Å². The van der Waals surface area contributed by atoms with Crippen LogP contribution in [-0.2, 0) is 19.1 Å². The normalized spacial score (nSPS) is 15.7. The Hall–Kier alpha value is -4.10. The topological polar surface area (TPSA) is 143 Å². The third-order valence-electron chi connectivity index (χ3n) is 5.06. The molecule has 1 atom stereocenters. The number of aromatic carboxylic acids is 1. The van der Waals surface area contributed by atoms with Crippen LogP contribution in [0.3, 0.4) is 0 Å². The van der Waals surface area contributed by atoms with Crippen LogP contribution in [0.2, 0.25) is 0 Å². The van der Waals surface area contributed by atoms with E-state index < -0.39 is 23.8 Å². The van der Waals surface area contributed by atoms with Gasteiger partial charge < -0.3 is 20.3 Å². The molecule has 0 radical (unpaired) electrons. The number of hydrogen-bond acceptors (Lipinski definition) is 8. The van der Waals surface area contributed by atoms with Gasteiger partial charge in [0.05, 0.1) is 48.6 Å². The third-order valence-corrected chi connectivity index (χ3v) is 5.72. The summed E-state index contributed by atoms with van der Waals surface area (Å²) in [6.45, 7) is 0. The number of carboxylic acids is 1. The van der Waals surface area contributed by atoms with E-state index in [9.17, 15) is 24.8 Å². The van der Waals surface area contributed by atoms with E-state index in [1.54, 1.807) is 30.3 Å². The molecular weight excluding hydrogens is 494 g/mol. The van der Waals surface area contributed by atoms with Crippen molar-refractivity contribution >= 4 is 39.5 Å². The number of nitrogens with zero attached hydrogens (tertiary/aromatic N) is 2. The fraction of sp³-hybridized carbons (Fsp3) is 0.130. The molecule has 1 aliphatic rings. The number of nitriles is 1. The standard InChI is InChI=1S/C23H18BrN3O6/c1-32-22(30)18-16(12-7-4-3-5-8-12)13(11-25)20(26)27(19(18)23(31)33-2)15-10-6-9-14(24)17(15)21(28)29/h3-10,16H,26H2,1-2H3,(H,28,29). The number of halogens is 1. The molecule has 0 amide bonds. The Kier molecular flexibility index (Phi) is 6.84. The highest BCUT2D eigenvalue weighted by Crippen LogP contribution is 2.44. The molecule has 3 rings (SSSR count). The quantitative estimate of drug-likeness (QED) is 0.578. The highest BCUT2D eigenvalue weighted by Gasteiger charge is 2.43. The molecule has 0 spiro atoms. The maximum atomic E-state index is 13.0. The Balaban J connectivity index is 2.49. The van der Waals surface area contributed by atoms with Gasteiger partial charge in [0.2, 0.25) is 0 Å². The number of carboxylic acid groups (broad SMARTS) is 1. The highest BCUT2D eigenvalue weighted by atomic mass is 79.9. The average Bonchev–Trinajstić information content (AvgIpc) is 2.82. The molecular formula is C23H18BrN3O6. The smallest absolute Gasteiger partial charge is 0.355 e. The monoisotopic (exact) mass is 511 g/mol. The van der Waals surface area contributed by atoms with Gasteiger partial charge in [-0.1, -0.05) is 36.4 Å². The molecule has 10 heteroatoms. The summed E-state index contributed by atoms with van der Waals surface area (Å²) in [6.07, 6.45) is 0. The van der Waals surface area contributed by atoms with E-state index in [1.165, 1.54) is 18.2 Å². The number of benzene rings is 2. The highest BCUT2D eigenvalue weighted by molar-refractivity contribution is 9.10. The first-order valence-corrected chi connectivity index (χ1v) is 10.2. The van der Waals surface area contributed by atoms with Crippen molar-refractivity contribution in [1.82, 2.24) is 0 Å². The molecule has 1 aliphatic heterocycles. The van der Waals surface area contributed by atoms with Crippen LogP contribution < -0.4 is 10.6 Å². The molecule has 0 saturated heterocycles. The van der Waals surface area contributed by atoms with Crippen molar-refractivity contribution in [1.29, 1.82) is 5.26 Å². The van der Waals surface area contributed by atoms with Crippen LogP contribution in [0.25, 0.3) is 0 Å². The molecule has 0 bridgehead atoms. The minimum Gasteiger partial charge on any atom is -0.478 e. The number of esters is 2. The summed E-state index contributed by atoms with van der Waals surface area (Å²) >= 11 is 3.19. The van der Waals surface area contributed by atoms with E-state index in [2.05, 4.69) is 15.9 Å². The first-order chi connectivity index (χ1) is 15.8. The molecule has 2 aromatic carbocycles. The molecule has 1 unspecified atom stereocenters. The maximum Gasteiger partial charge on any atom is 0.355 e. The number of allylic oxidation sites excluding steroid dienone is 1. The van der Waals surface area contributed by atoms with Crippen molar-refractivity contribution in [3.8, 4) is 6.07 Å². The van der Waals surface area contributed by atoms with Crippen LogP contribution >= 0.6 is 15.9 Å². The summed E-state index contributed by atoms with van der Waals surface area (Å²) in [4.78, 5) is 39.1. The lowest BCUT2D eigenvalue weighted by Gasteiger charge is -2.36. The molecule has 0 aromatic heterocycles. The summed E-state index contributed by atoms with van der Waals surface area (Å²) in [5, 5.41) is 19.8. The summed E-state index contributed by atoms with van der Waals surface area (Å²) in [6, 6.07) is 14.9. The van der Waals surface area contributed by atoms with Gasteiger partial charge >= 0.3 is 17.9 Å². The lowest BCUT2D eigenvalue weighted by Crippen LogP contribution is -2.41. The first-order valence-electron chi connectivity index (χ1n) is 9.45. The van der Waals surface area contributed by atoms with Crippen molar-refractivity contribution in [2.24, 2.45) is 5.73 Å². The van der Waals surface area contributed by atoms with Crippen LogP contribution in [0.1, 0.15) is 21.8 Å². The first kappa shape index (κ1) is 23.6. The van der Waals surface area contributed by atoms with Gasteiger partial charge in [0.25, 0.3) is 0 Å². The van der Waals surface area contributed by atoms with Crippen LogP contribution in [0, 0.1) is 11.3 Å². The molecule has 0 saturated carbocycles. The van der Waals surface area contributed by atoms with Gasteiger partial charge in [0.15, 0.2) is 0 Å². The zero-order valence-corrected chi connectivity index (χ0v) is 19.1. The van der Waals surface area contributed by atoms with Gasteiger partial charge in [-0.05, 0) is 33.6 Å². The Morgan fingerprint density at radius 2 is 1.70 bits per heavy atom. The molecule has 2 aromatic rings. The van der Waals surface area contributed by atoms with Gasteiger partial charge in [-0.2, -0.15) is 5.26 Å². The Morgan fingerprint density at radius 3 is 2.24 bits per heavy atom. The molecule has 0 fully saturated rings. The fourth-order valence-corrected chi connectivity index (χ4v) is 4.20. The summed E-state index contributed by atoms with van der Waals surface area (Å²) in [7, 11) is 2.24. The second-order valence-corrected chi connectivity index (χ2v) is 7.63. The molecule has 33 heavy (non-hydrogen) atoms. The van der Waals surface area contributed by atoms with Gasteiger partial charge in [0, 0.05) is 4.47 Å². The zero-order chi connectivity index (χ0) is 24.3. The Bertz CT molecular complexity index is 1250. The van der Waals surface area contributed by atoms with Crippen molar-refractivity contribution in [2.75, 3.05) is 19.1 Å². The number of hydrogen-bond donors (Lipinski definition) is 2. The number of ether oxygens (including phenoxy) is 2. The minimum absolute atomic E-state index is 0.0459. The van der Waals surface area contributed by atoms with Crippen molar-refractivity contribution in [2.45, 2.75) is 5.92 Å². The second-order valence-electron chi connectivity index (χ2n) is 6.77. The van der Waals surface area contributed by atoms with Gasteiger partial charge in [-0.3, -0.25) is 4.90 Å². The third kappa shape index (κ3) is 4.06.